The van der Waals surface area contributed by atoms with Gasteiger partial charge in [0.1, 0.15) is 5.60 Å². The van der Waals surface area contributed by atoms with E-state index in [0.717, 1.165) is 12.8 Å². The molecule has 2 rings (SSSR count). The fourth-order valence-corrected chi connectivity index (χ4v) is 2.99. The van der Waals surface area contributed by atoms with Crippen molar-refractivity contribution in [3.05, 3.63) is 0 Å². The third-order valence-corrected chi connectivity index (χ3v) is 3.57. The fourth-order valence-electron chi connectivity index (χ4n) is 2.99. The first kappa shape index (κ1) is 15.4. The topological polar surface area (TPSA) is 32.8 Å². The zero-order valence-electron chi connectivity index (χ0n) is 12.0. The van der Waals surface area contributed by atoms with Crippen LogP contribution >= 0.6 is 0 Å². The first-order valence-corrected chi connectivity index (χ1v) is 6.85. The quantitative estimate of drug-likeness (QED) is 0.745. The van der Waals surface area contributed by atoms with E-state index in [9.17, 15) is 18.0 Å². The SMILES string of the molecule is CC(C)(C)OC(=O)N1C2CC[C@@H]1CN(CC(F)(F)F)C2. The zero-order valence-corrected chi connectivity index (χ0v) is 12.0. The summed E-state index contributed by atoms with van der Waals surface area (Å²) >= 11 is 0. The Bertz CT molecular complexity index is 365. The van der Waals surface area contributed by atoms with Crippen LogP contribution in [-0.4, -0.2) is 59.4 Å². The molecule has 0 aromatic heterocycles. The molecule has 0 aromatic rings. The van der Waals surface area contributed by atoms with Crippen LogP contribution < -0.4 is 0 Å². The summed E-state index contributed by atoms with van der Waals surface area (Å²) in [5.41, 5.74) is -0.584. The van der Waals surface area contributed by atoms with Crippen molar-refractivity contribution in [3.8, 4) is 0 Å². The summed E-state index contributed by atoms with van der Waals surface area (Å²) in [6, 6.07) is -0.322. The van der Waals surface area contributed by atoms with E-state index in [2.05, 4.69) is 0 Å². The lowest BCUT2D eigenvalue weighted by molar-refractivity contribution is -0.151. The smallest absolute Gasteiger partial charge is 0.410 e. The third-order valence-electron chi connectivity index (χ3n) is 3.57. The summed E-state index contributed by atoms with van der Waals surface area (Å²) in [4.78, 5) is 15.2. The molecule has 2 saturated heterocycles. The molecule has 1 amide bonds. The second-order valence-corrected chi connectivity index (χ2v) is 6.58. The standard InChI is InChI=1S/C13H21F3N2O2/c1-12(2,3)20-11(19)18-9-4-5-10(18)7-17(6-9)8-13(14,15)16/h9-10H,4-8H2,1-3H3/t9-,10?/m1/s1. The van der Waals surface area contributed by atoms with Gasteiger partial charge in [0.25, 0.3) is 0 Å². The summed E-state index contributed by atoms with van der Waals surface area (Å²) in [7, 11) is 0. The fraction of sp³-hybridized carbons (Fsp3) is 0.923. The average molecular weight is 294 g/mol. The minimum Gasteiger partial charge on any atom is -0.444 e. The van der Waals surface area contributed by atoms with Crippen molar-refractivity contribution in [2.45, 2.75) is 57.5 Å². The number of nitrogens with zero attached hydrogens (tertiary/aromatic N) is 2. The van der Waals surface area contributed by atoms with Crippen LogP contribution in [0.4, 0.5) is 18.0 Å². The molecule has 7 heteroatoms. The summed E-state index contributed by atoms with van der Waals surface area (Å²) in [6.45, 7) is 5.00. The van der Waals surface area contributed by atoms with E-state index in [4.69, 9.17) is 4.74 Å². The van der Waals surface area contributed by atoms with Gasteiger partial charge in [-0.3, -0.25) is 9.80 Å². The molecule has 20 heavy (non-hydrogen) atoms. The van der Waals surface area contributed by atoms with Gasteiger partial charge < -0.3 is 4.74 Å². The van der Waals surface area contributed by atoms with Crippen LogP contribution in [0.25, 0.3) is 0 Å². The minimum atomic E-state index is -4.19. The highest BCUT2D eigenvalue weighted by Gasteiger charge is 2.46. The molecule has 0 spiro atoms. The molecular weight excluding hydrogens is 273 g/mol. The molecule has 0 aliphatic carbocycles. The van der Waals surface area contributed by atoms with Crippen LogP contribution in [0.3, 0.4) is 0 Å². The lowest BCUT2D eigenvalue weighted by Crippen LogP contribution is -2.57. The van der Waals surface area contributed by atoms with Gasteiger partial charge in [-0.1, -0.05) is 0 Å². The molecule has 116 valence electrons. The maximum atomic E-state index is 12.4. The van der Waals surface area contributed by atoms with E-state index in [1.165, 1.54) is 4.90 Å². The van der Waals surface area contributed by atoms with Crippen molar-refractivity contribution in [2.75, 3.05) is 19.6 Å². The number of alkyl halides is 3. The molecule has 0 radical (unpaired) electrons. The Morgan fingerprint density at radius 3 is 2.05 bits per heavy atom. The average Bonchev–Trinajstić information content (AvgIpc) is 2.46. The molecule has 0 aromatic carbocycles. The maximum Gasteiger partial charge on any atom is 0.410 e. The van der Waals surface area contributed by atoms with Crippen molar-refractivity contribution in [1.82, 2.24) is 9.80 Å². The predicted octanol–water partition coefficient (Wildman–Crippen LogP) is 2.63. The molecule has 2 atom stereocenters. The second-order valence-electron chi connectivity index (χ2n) is 6.58. The van der Waals surface area contributed by atoms with Crippen molar-refractivity contribution in [2.24, 2.45) is 0 Å². The Hall–Kier alpha value is -0.980. The molecule has 4 nitrogen and oxygen atoms in total. The first-order chi connectivity index (χ1) is 9.05. The molecule has 1 unspecified atom stereocenters. The van der Waals surface area contributed by atoms with Crippen LogP contribution in [0.2, 0.25) is 0 Å². The summed E-state index contributed by atoms with van der Waals surface area (Å²) < 4.78 is 42.7. The monoisotopic (exact) mass is 294 g/mol. The van der Waals surface area contributed by atoms with Crippen molar-refractivity contribution in [1.29, 1.82) is 0 Å². The molecular formula is C13H21F3N2O2. The molecule has 0 N–H and O–H groups in total. The van der Waals surface area contributed by atoms with Crippen LogP contribution in [0.1, 0.15) is 33.6 Å². The molecule has 2 bridgehead atoms. The number of likely N-dealkylation sites (tertiary alicyclic amines) is 1. The van der Waals surface area contributed by atoms with Gasteiger partial charge in [0, 0.05) is 25.2 Å². The molecule has 0 saturated carbocycles. The van der Waals surface area contributed by atoms with Crippen LogP contribution in [0, 0.1) is 0 Å². The van der Waals surface area contributed by atoms with E-state index in [1.54, 1.807) is 25.7 Å². The van der Waals surface area contributed by atoms with E-state index in [0.29, 0.717) is 0 Å². The number of rotatable bonds is 1. The number of carbonyl (C=O) groups excluding carboxylic acids is 1. The molecule has 2 aliphatic rings. The zero-order chi connectivity index (χ0) is 15.1. The third kappa shape index (κ3) is 3.77. The number of piperazine rings is 1. The number of carbonyl (C=O) groups is 1. The second kappa shape index (κ2) is 5.09. The number of hydrogen-bond donors (Lipinski definition) is 0. The number of hydrogen-bond acceptors (Lipinski definition) is 3. The van der Waals surface area contributed by atoms with Gasteiger partial charge in [-0.2, -0.15) is 13.2 Å². The Morgan fingerprint density at radius 2 is 1.65 bits per heavy atom. The van der Waals surface area contributed by atoms with Gasteiger partial charge >= 0.3 is 12.3 Å². The lowest BCUT2D eigenvalue weighted by Gasteiger charge is -2.41. The van der Waals surface area contributed by atoms with Gasteiger partial charge in [0.15, 0.2) is 0 Å². The molecule has 2 heterocycles. The largest absolute Gasteiger partial charge is 0.444 e. The van der Waals surface area contributed by atoms with Gasteiger partial charge in [0.05, 0.1) is 6.54 Å². The van der Waals surface area contributed by atoms with Crippen LogP contribution in [0.5, 0.6) is 0 Å². The molecule has 2 fully saturated rings. The van der Waals surface area contributed by atoms with Gasteiger partial charge in [-0.05, 0) is 33.6 Å². The van der Waals surface area contributed by atoms with E-state index in [-0.39, 0.29) is 25.2 Å². The number of ether oxygens (including phenoxy) is 1. The number of halogens is 3. The number of fused-ring (bicyclic) bond motifs is 2. The van der Waals surface area contributed by atoms with Crippen molar-refractivity contribution < 1.29 is 22.7 Å². The van der Waals surface area contributed by atoms with Crippen LogP contribution in [0.15, 0.2) is 0 Å². The van der Waals surface area contributed by atoms with E-state index < -0.39 is 24.4 Å². The minimum absolute atomic E-state index is 0.161. The summed E-state index contributed by atoms with van der Waals surface area (Å²) in [5, 5.41) is 0. The van der Waals surface area contributed by atoms with E-state index >= 15 is 0 Å². The highest BCUT2D eigenvalue weighted by atomic mass is 19.4. The Kier molecular flexibility index (Phi) is 3.92. The van der Waals surface area contributed by atoms with Gasteiger partial charge in [0.2, 0.25) is 0 Å². The Morgan fingerprint density at radius 1 is 1.15 bits per heavy atom. The highest BCUT2D eigenvalue weighted by molar-refractivity contribution is 5.69. The summed E-state index contributed by atoms with van der Waals surface area (Å²) in [5.74, 6) is 0. The summed E-state index contributed by atoms with van der Waals surface area (Å²) in [6.07, 6.45) is -3.10. The van der Waals surface area contributed by atoms with Gasteiger partial charge in [-0.25, -0.2) is 4.79 Å². The lowest BCUT2D eigenvalue weighted by atomic mass is 10.2. The number of amides is 1. The normalized spacial score (nSPS) is 27.8. The van der Waals surface area contributed by atoms with E-state index in [1.807, 2.05) is 0 Å². The Balaban J connectivity index is 1.98. The van der Waals surface area contributed by atoms with Crippen LogP contribution in [-0.2, 0) is 4.74 Å². The van der Waals surface area contributed by atoms with Crippen molar-refractivity contribution >= 4 is 6.09 Å². The predicted molar refractivity (Wildman–Crippen MR) is 67.4 cm³/mol. The highest BCUT2D eigenvalue weighted by Crippen LogP contribution is 2.32. The first-order valence-electron chi connectivity index (χ1n) is 6.85. The Labute approximate surface area is 116 Å². The van der Waals surface area contributed by atoms with Gasteiger partial charge in [-0.15, -0.1) is 0 Å². The molecule has 2 aliphatic heterocycles. The van der Waals surface area contributed by atoms with Crippen molar-refractivity contribution in [3.63, 3.8) is 0 Å². The maximum absolute atomic E-state index is 12.4.